The first-order valence-corrected chi connectivity index (χ1v) is 5.96. The summed E-state index contributed by atoms with van der Waals surface area (Å²) in [5.41, 5.74) is -2.91. The molecule has 0 aromatic heterocycles. The molecule has 0 aromatic carbocycles. The molecule has 0 heterocycles. The normalized spacial score (nSPS) is 59.2. The summed E-state index contributed by atoms with van der Waals surface area (Å²) >= 11 is 0. The van der Waals surface area contributed by atoms with Crippen LogP contribution in [0, 0.1) is 5.41 Å². The van der Waals surface area contributed by atoms with Gasteiger partial charge in [0, 0.05) is 31.8 Å². The van der Waals surface area contributed by atoms with Crippen molar-refractivity contribution in [1.82, 2.24) is 0 Å². The average molecular weight is 228 g/mol. The van der Waals surface area contributed by atoms with Crippen LogP contribution in [0.25, 0.3) is 0 Å². The third-order valence-corrected chi connectivity index (χ3v) is 4.54. The van der Waals surface area contributed by atoms with Gasteiger partial charge in [0.25, 0.3) is 0 Å². The van der Waals surface area contributed by atoms with Gasteiger partial charge in [0.05, 0.1) is 23.4 Å². The van der Waals surface area contributed by atoms with E-state index in [-0.39, 0.29) is 5.41 Å². The molecule has 0 amide bonds. The van der Waals surface area contributed by atoms with Crippen molar-refractivity contribution in [2.45, 2.75) is 55.3 Å². The molecule has 4 aliphatic carbocycles. The van der Waals surface area contributed by atoms with Crippen LogP contribution in [0.15, 0.2) is 0 Å². The highest BCUT2D eigenvalue weighted by molar-refractivity contribution is 5.19. The Morgan fingerprint density at radius 1 is 0.812 bits per heavy atom. The Morgan fingerprint density at radius 3 is 1.50 bits per heavy atom. The lowest BCUT2D eigenvalue weighted by Crippen LogP contribution is -2.70. The second-order valence-corrected chi connectivity index (χ2v) is 6.67. The summed E-state index contributed by atoms with van der Waals surface area (Å²) in [4.78, 5) is 0. The van der Waals surface area contributed by atoms with E-state index < -0.39 is 16.8 Å². The van der Waals surface area contributed by atoms with Gasteiger partial charge in [0.1, 0.15) is 0 Å². The number of rotatable bonds is 2. The van der Waals surface area contributed by atoms with Gasteiger partial charge in [0.15, 0.2) is 0 Å². The highest BCUT2D eigenvalue weighted by atomic mass is 16.5. The summed E-state index contributed by atoms with van der Waals surface area (Å²) in [5, 5.41) is 31.3. The Morgan fingerprint density at radius 2 is 1.19 bits per heavy atom. The van der Waals surface area contributed by atoms with Crippen LogP contribution in [0.1, 0.15) is 38.5 Å². The van der Waals surface area contributed by atoms with E-state index in [1.54, 1.807) is 7.11 Å². The van der Waals surface area contributed by atoms with E-state index in [0.717, 1.165) is 0 Å². The maximum atomic E-state index is 10.4. The average Bonchev–Trinajstić information content (AvgIpc) is 1.91. The molecule has 4 saturated carbocycles. The van der Waals surface area contributed by atoms with Crippen LogP contribution in [0.2, 0.25) is 0 Å². The van der Waals surface area contributed by atoms with E-state index in [2.05, 4.69) is 0 Å². The molecule has 4 heteroatoms. The predicted octanol–water partition coefficient (Wildman–Crippen LogP) is 0.194. The zero-order chi connectivity index (χ0) is 11.7. The molecule has 4 fully saturated rings. The number of ether oxygens (including phenoxy) is 1. The SMILES string of the molecule is COCC12CC3(O)CC(O)(CC(O)(C3)C1)C2. The molecular weight excluding hydrogens is 208 g/mol. The Labute approximate surface area is 95.2 Å². The van der Waals surface area contributed by atoms with Crippen LogP contribution in [0.4, 0.5) is 0 Å². The third kappa shape index (κ3) is 1.44. The zero-order valence-corrected chi connectivity index (χ0v) is 9.70. The minimum absolute atomic E-state index is 0.234. The van der Waals surface area contributed by atoms with E-state index in [1.165, 1.54) is 0 Å². The lowest BCUT2D eigenvalue weighted by atomic mass is 9.45. The fourth-order valence-electron chi connectivity index (χ4n) is 5.14. The standard InChI is InChI=1S/C12H20O4/c1-16-8-9-2-10(13)5-11(14,3-9)7-12(15,4-9)6-10/h13-15H,2-8H2,1H3. The van der Waals surface area contributed by atoms with Gasteiger partial charge in [-0.05, 0) is 19.3 Å². The molecule has 16 heavy (non-hydrogen) atoms. The largest absolute Gasteiger partial charge is 0.390 e. The summed E-state index contributed by atoms with van der Waals surface area (Å²) < 4.78 is 5.23. The van der Waals surface area contributed by atoms with Crippen molar-refractivity contribution in [3.63, 3.8) is 0 Å². The molecule has 0 aliphatic heterocycles. The van der Waals surface area contributed by atoms with Gasteiger partial charge >= 0.3 is 0 Å². The lowest BCUT2D eigenvalue weighted by Gasteiger charge is -2.65. The molecule has 4 bridgehead atoms. The highest BCUT2D eigenvalue weighted by Gasteiger charge is 2.67. The minimum Gasteiger partial charge on any atom is -0.390 e. The van der Waals surface area contributed by atoms with Gasteiger partial charge in [-0.2, -0.15) is 0 Å². The summed E-state index contributed by atoms with van der Waals surface area (Å²) in [5.74, 6) is 0. The van der Waals surface area contributed by atoms with Crippen LogP contribution in [-0.2, 0) is 4.74 Å². The molecule has 0 atom stereocenters. The van der Waals surface area contributed by atoms with Crippen molar-refractivity contribution >= 4 is 0 Å². The second-order valence-electron chi connectivity index (χ2n) is 6.67. The van der Waals surface area contributed by atoms with E-state index >= 15 is 0 Å². The first-order chi connectivity index (χ1) is 7.30. The molecule has 0 saturated heterocycles. The van der Waals surface area contributed by atoms with Crippen molar-refractivity contribution in [3.05, 3.63) is 0 Å². The molecule has 4 rings (SSSR count). The maximum absolute atomic E-state index is 10.4. The molecule has 4 aliphatic rings. The fraction of sp³-hybridized carbons (Fsp3) is 1.00. The lowest BCUT2D eigenvalue weighted by molar-refractivity contribution is -0.286. The number of methoxy groups -OCH3 is 1. The Bertz CT molecular complexity index is 273. The zero-order valence-electron chi connectivity index (χ0n) is 9.70. The van der Waals surface area contributed by atoms with Crippen molar-refractivity contribution in [2.24, 2.45) is 5.41 Å². The van der Waals surface area contributed by atoms with Crippen LogP contribution in [0.5, 0.6) is 0 Å². The summed E-state index contributed by atoms with van der Waals surface area (Å²) in [6.45, 7) is 0.514. The van der Waals surface area contributed by atoms with Gasteiger partial charge in [-0.1, -0.05) is 0 Å². The van der Waals surface area contributed by atoms with Crippen LogP contribution in [0.3, 0.4) is 0 Å². The predicted molar refractivity (Wildman–Crippen MR) is 56.9 cm³/mol. The number of hydrogen-bond donors (Lipinski definition) is 3. The highest BCUT2D eigenvalue weighted by Crippen LogP contribution is 2.64. The minimum atomic E-state index is -0.892. The summed E-state index contributed by atoms with van der Waals surface area (Å²) in [6.07, 6.45) is 3.19. The molecular formula is C12H20O4. The summed E-state index contributed by atoms with van der Waals surface area (Å²) in [7, 11) is 1.64. The Kier molecular flexibility index (Phi) is 1.92. The van der Waals surface area contributed by atoms with Crippen LogP contribution in [-0.4, -0.2) is 45.8 Å². The molecule has 3 N–H and O–H groups in total. The molecule has 0 spiro atoms. The van der Waals surface area contributed by atoms with Crippen molar-refractivity contribution in [2.75, 3.05) is 13.7 Å². The fourth-order valence-corrected chi connectivity index (χ4v) is 5.14. The van der Waals surface area contributed by atoms with E-state index in [1.807, 2.05) is 0 Å². The number of hydrogen-bond acceptors (Lipinski definition) is 4. The van der Waals surface area contributed by atoms with Gasteiger partial charge in [-0.25, -0.2) is 0 Å². The summed E-state index contributed by atoms with van der Waals surface area (Å²) in [6, 6.07) is 0. The van der Waals surface area contributed by atoms with E-state index in [0.29, 0.717) is 45.1 Å². The third-order valence-electron chi connectivity index (χ3n) is 4.54. The monoisotopic (exact) mass is 228 g/mol. The molecule has 0 aromatic rings. The van der Waals surface area contributed by atoms with Crippen molar-refractivity contribution < 1.29 is 20.1 Å². The van der Waals surface area contributed by atoms with Crippen molar-refractivity contribution in [3.8, 4) is 0 Å². The molecule has 4 nitrogen and oxygen atoms in total. The maximum Gasteiger partial charge on any atom is 0.0708 e. The van der Waals surface area contributed by atoms with Gasteiger partial charge in [-0.3, -0.25) is 0 Å². The Hall–Kier alpha value is -0.160. The quantitative estimate of drug-likeness (QED) is 0.631. The Balaban J connectivity index is 2.00. The van der Waals surface area contributed by atoms with Gasteiger partial charge < -0.3 is 20.1 Å². The van der Waals surface area contributed by atoms with Crippen LogP contribution < -0.4 is 0 Å². The second kappa shape index (κ2) is 2.80. The van der Waals surface area contributed by atoms with Gasteiger partial charge in [-0.15, -0.1) is 0 Å². The van der Waals surface area contributed by atoms with Crippen molar-refractivity contribution in [1.29, 1.82) is 0 Å². The molecule has 92 valence electrons. The molecule has 0 unspecified atom stereocenters. The topological polar surface area (TPSA) is 69.9 Å². The van der Waals surface area contributed by atoms with Gasteiger partial charge in [0.2, 0.25) is 0 Å². The molecule has 0 radical (unpaired) electrons. The first-order valence-electron chi connectivity index (χ1n) is 5.96. The smallest absolute Gasteiger partial charge is 0.0708 e. The van der Waals surface area contributed by atoms with E-state index in [4.69, 9.17) is 4.74 Å². The van der Waals surface area contributed by atoms with Crippen LogP contribution >= 0.6 is 0 Å². The van der Waals surface area contributed by atoms with E-state index in [9.17, 15) is 15.3 Å². The number of aliphatic hydroxyl groups is 3. The first kappa shape index (κ1) is 11.0.